The van der Waals surface area contributed by atoms with Crippen LogP contribution in [0, 0.1) is 0 Å². The molecular formula is C15H29N3O3. The molecule has 1 aliphatic rings. The first-order valence-electron chi connectivity index (χ1n) is 7.96. The number of carbonyl (C=O) groups is 2. The molecule has 0 bridgehead atoms. The number of rotatable bonds is 8. The highest BCUT2D eigenvalue weighted by Crippen LogP contribution is 2.15. The fourth-order valence-corrected chi connectivity index (χ4v) is 2.51. The predicted octanol–water partition coefficient (Wildman–Crippen LogP) is 0.518. The zero-order valence-corrected chi connectivity index (χ0v) is 13.5. The normalized spacial score (nSPS) is 19.0. The minimum absolute atomic E-state index is 0.192. The third-order valence-corrected chi connectivity index (χ3v) is 3.67. The van der Waals surface area contributed by atoms with E-state index in [1.807, 2.05) is 13.8 Å². The molecule has 0 aromatic heterocycles. The van der Waals surface area contributed by atoms with Gasteiger partial charge in [0.15, 0.2) is 0 Å². The maximum absolute atomic E-state index is 11.7. The summed E-state index contributed by atoms with van der Waals surface area (Å²) in [6, 6.07) is 0.367. The molecule has 0 saturated carbocycles. The van der Waals surface area contributed by atoms with E-state index in [2.05, 4.69) is 22.5 Å². The van der Waals surface area contributed by atoms with Crippen LogP contribution in [0.2, 0.25) is 0 Å². The van der Waals surface area contributed by atoms with E-state index in [1.165, 1.54) is 0 Å². The van der Waals surface area contributed by atoms with Gasteiger partial charge in [-0.15, -0.1) is 0 Å². The van der Waals surface area contributed by atoms with E-state index in [-0.39, 0.29) is 6.10 Å². The van der Waals surface area contributed by atoms with E-state index in [9.17, 15) is 9.59 Å². The molecule has 1 saturated heterocycles. The summed E-state index contributed by atoms with van der Waals surface area (Å²) in [5.74, 6) is -1.09. The molecule has 0 aromatic carbocycles. The van der Waals surface area contributed by atoms with Gasteiger partial charge in [-0.2, -0.15) is 0 Å². The highest BCUT2D eigenvalue weighted by atomic mass is 16.5. The van der Waals surface area contributed by atoms with Crippen LogP contribution in [0.5, 0.6) is 0 Å². The Morgan fingerprint density at radius 1 is 1.29 bits per heavy atom. The topological polar surface area (TPSA) is 70.7 Å². The quantitative estimate of drug-likeness (QED) is 0.506. The van der Waals surface area contributed by atoms with Crippen molar-refractivity contribution in [3.8, 4) is 0 Å². The fourth-order valence-electron chi connectivity index (χ4n) is 2.51. The van der Waals surface area contributed by atoms with Crippen LogP contribution in [0.3, 0.4) is 0 Å². The zero-order chi connectivity index (χ0) is 15.7. The first-order valence-corrected chi connectivity index (χ1v) is 7.96. The summed E-state index contributed by atoms with van der Waals surface area (Å²) in [6.07, 6.45) is 3.15. The van der Waals surface area contributed by atoms with Gasteiger partial charge in [-0.25, -0.2) is 0 Å². The minimum Gasteiger partial charge on any atom is -0.379 e. The molecule has 0 spiro atoms. The second kappa shape index (κ2) is 9.73. The number of hydrogen-bond donors (Lipinski definition) is 2. The average molecular weight is 299 g/mol. The van der Waals surface area contributed by atoms with Crippen molar-refractivity contribution in [3.05, 3.63) is 0 Å². The molecule has 0 unspecified atom stereocenters. The molecule has 1 rings (SSSR count). The van der Waals surface area contributed by atoms with Gasteiger partial charge in [0.25, 0.3) is 0 Å². The van der Waals surface area contributed by atoms with Crippen molar-refractivity contribution >= 4 is 11.8 Å². The molecule has 6 nitrogen and oxygen atoms in total. The smallest absolute Gasteiger partial charge is 0.309 e. The van der Waals surface area contributed by atoms with Gasteiger partial charge in [-0.1, -0.05) is 6.92 Å². The van der Waals surface area contributed by atoms with Gasteiger partial charge in [0, 0.05) is 25.7 Å². The summed E-state index contributed by atoms with van der Waals surface area (Å²) < 4.78 is 5.37. The van der Waals surface area contributed by atoms with Crippen molar-refractivity contribution < 1.29 is 14.3 Å². The molecule has 2 amide bonds. The Labute approximate surface area is 127 Å². The molecule has 1 heterocycles. The maximum atomic E-state index is 11.7. The van der Waals surface area contributed by atoms with Gasteiger partial charge in [0.2, 0.25) is 0 Å². The van der Waals surface area contributed by atoms with Gasteiger partial charge in [0.1, 0.15) is 0 Å². The number of nitrogens with one attached hydrogen (secondary N) is 2. The van der Waals surface area contributed by atoms with E-state index < -0.39 is 11.8 Å². The number of nitrogens with zero attached hydrogens (tertiary/aromatic N) is 1. The summed E-state index contributed by atoms with van der Waals surface area (Å²) in [7, 11) is 0. The molecule has 122 valence electrons. The Kier molecular flexibility index (Phi) is 8.30. The number of likely N-dealkylation sites (tertiary alicyclic amines) is 1. The third-order valence-electron chi connectivity index (χ3n) is 3.67. The number of likely N-dealkylation sites (N-methyl/N-ethyl adjacent to an activating group) is 1. The molecule has 21 heavy (non-hydrogen) atoms. The van der Waals surface area contributed by atoms with E-state index in [4.69, 9.17) is 4.74 Å². The molecule has 1 aliphatic heterocycles. The van der Waals surface area contributed by atoms with Crippen molar-refractivity contribution in [2.45, 2.75) is 52.2 Å². The number of amides is 2. The van der Waals surface area contributed by atoms with Crippen LogP contribution in [0.15, 0.2) is 0 Å². The van der Waals surface area contributed by atoms with Gasteiger partial charge in [-0.05, 0) is 46.2 Å². The number of ether oxygens (including phenoxy) is 1. The standard InChI is InChI=1S/C15H29N3O3/c1-4-18-9-5-7-13(18)11-17-15(20)14(19)16-8-6-10-21-12(2)3/h12-13H,4-11H2,1-3H3,(H,16,19)(H,17,20)/t13-/m0/s1. The zero-order valence-electron chi connectivity index (χ0n) is 13.5. The van der Waals surface area contributed by atoms with Crippen molar-refractivity contribution in [3.63, 3.8) is 0 Å². The van der Waals surface area contributed by atoms with Gasteiger partial charge < -0.3 is 15.4 Å². The van der Waals surface area contributed by atoms with E-state index in [0.717, 1.165) is 25.9 Å². The molecule has 2 N–H and O–H groups in total. The monoisotopic (exact) mass is 299 g/mol. The molecule has 0 radical (unpaired) electrons. The lowest BCUT2D eigenvalue weighted by Gasteiger charge is -2.22. The first-order chi connectivity index (χ1) is 10.0. The Bertz CT molecular complexity index is 334. The Hall–Kier alpha value is -1.14. The third kappa shape index (κ3) is 6.91. The molecule has 6 heteroatoms. The Balaban J connectivity index is 2.12. The van der Waals surface area contributed by atoms with Crippen molar-refractivity contribution in [1.82, 2.24) is 15.5 Å². The average Bonchev–Trinajstić information content (AvgIpc) is 2.91. The van der Waals surface area contributed by atoms with Gasteiger partial charge in [-0.3, -0.25) is 14.5 Å². The summed E-state index contributed by atoms with van der Waals surface area (Å²) in [4.78, 5) is 25.6. The second-order valence-corrected chi connectivity index (χ2v) is 5.66. The number of carbonyl (C=O) groups excluding carboxylic acids is 2. The highest BCUT2D eigenvalue weighted by molar-refractivity contribution is 6.35. The minimum atomic E-state index is -0.555. The lowest BCUT2D eigenvalue weighted by atomic mass is 10.2. The predicted molar refractivity (Wildman–Crippen MR) is 82.0 cm³/mol. The van der Waals surface area contributed by atoms with Gasteiger partial charge >= 0.3 is 11.8 Å². The second-order valence-electron chi connectivity index (χ2n) is 5.66. The lowest BCUT2D eigenvalue weighted by molar-refractivity contribution is -0.139. The first kappa shape index (κ1) is 17.9. The molecular weight excluding hydrogens is 270 g/mol. The van der Waals surface area contributed by atoms with Crippen LogP contribution < -0.4 is 10.6 Å². The fraction of sp³-hybridized carbons (Fsp3) is 0.867. The summed E-state index contributed by atoms with van der Waals surface area (Å²) in [5.41, 5.74) is 0. The number of hydrogen-bond acceptors (Lipinski definition) is 4. The summed E-state index contributed by atoms with van der Waals surface area (Å²) in [6.45, 7) is 9.73. The van der Waals surface area contributed by atoms with Gasteiger partial charge in [0.05, 0.1) is 6.10 Å². The van der Waals surface area contributed by atoms with Crippen LogP contribution >= 0.6 is 0 Å². The van der Waals surface area contributed by atoms with Crippen LogP contribution in [0.1, 0.15) is 40.0 Å². The summed E-state index contributed by atoms with van der Waals surface area (Å²) in [5, 5.41) is 5.34. The molecule has 1 fully saturated rings. The Morgan fingerprint density at radius 3 is 2.67 bits per heavy atom. The molecule has 0 aromatic rings. The van der Waals surface area contributed by atoms with E-state index >= 15 is 0 Å². The van der Waals surface area contributed by atoms with Crippen LogP contribution in [-0.2, 0) is 14.3 Å². The highest BCUT2D eigenvalue weighted by Gasteiger charge is 2.24. The van der Waals surface area contributed by atoms with Crippen LogP contribution in [0.25, 0.3) is 0 Å². The lowest BCUT2D eigenvalue weighted by Crippen LogP contribution is -2.45. The Morgan fingerprint density at radius 2 is 2.00 bits per heavy atom. The van der Waals surface area contributed by atoms with Crippen molar-refractivity contribution in [2.75, 3.05) is 32.8 Å². The van der Waals surface area contributed by atoms with E-state index in [1.54, 1.807) is 0 Å². The summed E-state index contributed by atoms with van der Waals surface area (Å²) >= 11 is 0. The van der Waals surface area contributed by atoms with E-state index in [0.29, 0.717) is 32.2 Å². The van der Waals surface area contributed by atoms with Crippen LogP contribution in [-0.4, -0.2) is 61.6 Å². The molecule has 0 aliphatic carbocycles. The largest absolute Gasteiger partial charge is 0.379 e. The SMILES string of the molecule is CCN1CCC[C@H]1CNC(=O)C(=O)NCCCOC(C)C. The molecule has 1 atom stereocenters. The van der Waals surface area contributed by atoms with Crippen molar-refractivity contribution in [1.29, 1.82) is 0 Å². The van der Waals surface area contributed by atoms with Crippen molar-refractivity contribution in [2.24, 2.45) is 0 Å². The van der Waals surface area contributed by atoms with Crippen LogP contribution in [0.4, 0.5) is 0 Å². The maximum Gasteiger partial charge on any atom is 0.309 e.